The van der Waals surface area contributed by atoms with Crippen molar-refractivity contribution in [1.29, 1.82) is 0 Å². The van der Waals surface area contributed by atoms with Crippen LogP contribution < -0.4 is 10.9 Å². The van der Waals surface area contributed by atoms with Crippen LogP contribution in [-0.4, -0.2) is 47.8 Å². The third-order valence-corrected chi connectivity index (χ3v) is 8.60. The number of hydrogen-bond acceptors (Lipinski definition) is 5. The van der Waals surface area contributed by atoms with Gasteiger partial charge in [-0.05, 0) is 44.1 Å². The van der Waals surface area contributed by atoms with Crippen LogP contribution in [-0.2, 0) is 17.4 Å². The fraction of sp³-hybridized carbons (Fsp3) is 0.538. The summed E-state index contributed by atoms with van der Waals surface area (Å²) in [7, 11) is 3.73. The number of hydrogen-bond donors (Lipinski definition) is 1. The number of nitrogens with zero attached hydrogens (tertiary/aromatic N) is 6. The third kappa shape index (κ3) is 3.27. The first kappa shape index (κ1) is 22.1. The molecule has 35 heavy (non-hydrogen) atoms. The minimum absolute atomic E-state index is 0.00413. The van der Waals surface area contributed by atoms with Gasteiger partial charge < -0.3 is 19.4 Å². The summed E-state index contributed by atoms with van der Waals surface area (Å²) in [6.45, 7) is 7.92. The van der Waals surface area contributed by atoms with Gasteiger partial charge in [-0.1, -0.05) is 20.4 Å². The number of pyridine rings is 1. The molecule has 9 nitrogen and oxygen atoms in total. The van der Waals surface area contributed by atoms with Gasteiger partial charge in [-0.25, -0.2) is 4.98 Å². The monoisotopic (exact) mass is 475 g/mol. The fourth-order valence-electron chi connectivity index (χ4n) is 5.63. The first-order chi connectivity index (χ1) is 16.8. The fourth-order valence-corrected chi connectivity index (χ4v) is 5.63. The van der Waals surface area contributed by atoms with Gasteiger partial charge in [0, 0.05) is 50.0 Å². The second-order valence-corrected chi connectivity index (χ2v) is 10.7. The van der Waals surface area contributed by atoms with Crippen LogP contribution in [0.1, 0.15) is 63.6 Å². The van der Waals surface area contributed by atoms with Crippen LogP contribution in [0.25, 0.3) is 11.0 Å². The number of amides is 1. The number of aryl methyl sites for hydroxylation is 1. The zero-order chi connectivity index (χ0) is 24.6. The van der Waals surface area contributed by atoms with Crippen LogP contribution in [0.3, 0.4) is 0 Å². The van der Waals surface area contributed by atoms with E-state index in [1.807, 2.05) is 35.0 Å². The highest BCUT2D eigenvalue weighted by molar-refractivity contribution is 5.90. The molecule has 3 fully saturated rings. The number of rotatable bonds is 8. The molecule has 9 heteroatoms. The topological polar surface area (TPSA) is 90.0 Å². The second kappa shape index (κ2) is 7.57. The lowest BCUT2D eigenvalue weighted by molar-refractivity contribution is -0.129. The first-order valence-electron chi connectivity index (χ1n) is 12.6. The van der Waals surface area contributed by atoms with E-state index in [1.165, 1.54) is 6.08 Å². The lowest BCUT2D eigenvalue weighted by Gasteiger charge is -2.41. The Morgan fingerprint density at radius 2 is 2.06 bits per heavy atom. The molecule has 0 aromatic carbocycles. The number of likely N-dealkylation sites (N-methyl/N-ethyl adjacent to an activating group) is 1. The van der Waals surface area contributed by atoms with Crippen molar-refractivity contribution in [2.24, 2.45) is 13.0 Å². The molecule has 3 saturated carbocycles. The number of fused-ring (bicyclic) bond motifs is 2. The Bertz CT molecular complexity index is 1400. The molecule has 3 aliphatic carbocycles. The number of carbonyl (C=O) groups excluding carboxylic acids is 1. The van der Waals surface area contributed by atoms with Crippen molar-refractivity contribution in [2.75, 3.05) is 12.4 Å². The molecule has 0 saturated heterocycles. The van der Waals surface area contributed by atoms with Crippen LogP contribution >= 0.6 is 0 Å². The van der Waals surface area contributed by atoms with E-state index in [0.29, 0.717) is 22.9 Å². The van der Waals surface area contributed by atoms with E-state index in [-0.39, 0.29) is 29.1 Å². The Kier molecular flexibility index (Phi) is 4.78. The molecule has 1 N–H and O–H groups in total. The van der Waals surface area contributed by atoms with E-state index < -0.39 is 0 Å². The van der Waals surface area contributed by atoms with E-state index in [0.717, 1.165) is 49.2 Å². The minimum atomic E-state index is -0.0848. The second-order valence-electron chi connectivity index (χ2n) is 10.7. The smallest absolute Gasteiger partial charge is 0.277 e. The average Bonchev–Trinajstić information content (AvgIpc) is 3.57. The van der Waals surface area contributed by atoms with E-state index in [2.05, 4.69) is 35.4 Å². The summed E-state index contributed by atoms with van der Waals surface area (Å²) in [5.74, 6) is 0.908. The van der Waals surface area contributed by atoms with E-state index in [4.69, 9.17) is 4.98 Å². The van der Waals surface area contributed by atoms with Crippen molar-refractivity contribution >= 4 is 28.3 Å². The number of aromatic nitrogens is 5. The average molecular weight is 476 g/mol. The Morgan fingerprint density at radius 1 is 1.34 bits per heavy atom. The quantitative estimate of drug-likeness (QED) is 0.502. The van der Waals surface area contributed by atoms with E-state index in [9.17, 15) is 9.59 Å². The van der Waals surface area contributed by atoms with Crippen molar-refractivity contribution in [3.63, 3.8) is 0 Å². The van der Waals surface area contributed by atoms with Gasteiger partial charge in [0.05, 0.1) is 23.4 Å². The summed E-state index contributed by atoms with van der Waals surface area (Å²) in [6.07, 6.45) is 11.9. The Hall–Kier alpha value is -3.36. The summed E-state index contributed by atoms with van der Waals surface area (Å²) in [6, 6.07) is 0.148. The van der Waals surface area contributed by atoms with Gasteiger partial charge in [-0.3, -0.25) is 14.3 Å². The molecule has 0 aliphatic heterocycles. The van der Waals surface area contributed by atoms with Crippen molar-refractivity contribution in [1.82, 2.24) is 28.8 Å². The zero-order valence-corrected chi connectivity index (χ0v) is 20.9. The van der Waals surface area contributed by atoms with Gasteiger partial charge in [0.2, 0.25) is 5.91 Å². The Balaban J connectivity index is 1.41. The molecule has 1 unspecified atom stereocenters. The molecule has 0 bridgehead atoms. The number of carbonyl (C=O) groups is 1. The Labute approximate surface area is 204 Å². The number of imidazole rings is 1. The van der Waals surface area contributed by atoms with Gasteiger partial charge in [-0.15, -0.1) is 0 Å². The molecule has 6 rings (SSSR count). The van der Waals surface area contributed by atoms with Gasteiger partial charge in [0.1, 0.15) is 11.0 Å². The standard InChI is InChI=1S/C26H33N7O2/c1-6-15(3)22-19(12-30(4)29-22)28-20-13-32(18-8-17(9-18)31(5)21(34)7-2)25(35)24-23(20)27-14-33(24)26-10-16(26)11-26/h7,12-18,28H,2,6,8-11H2,1,3-5H3. The SMILES string of the molecule is C=CC(=O)N(C)C1CC(n2cc(Nc3cn(C)nc3C(C)CC)c3ncn(C45CC4C5)c3c2=O)C1. The van der Waals surface area contributed by atoms with Crippen molar-refractivity contribution in [3.05, 3.63) is 47.4 Å². The summed E-state index contributed by atoms with van der Waals surface area (Å²) < 4.78 is 5.83. The summed E-state index contributed by atoms with van der Waals surface area (Å²) >= 11 is 0. The molecule has 0 radical (unpaired) electrons. The maximum absolute atomic E-state index is 13.8. The highest BCUT2D eigenvalue weighted by Gasteiger charge is 2.71. The first-order valence-corrected chi connectivity index (χ1v) is 12.6. The number of nitrogens with one attached hydrogen (secondary N) is 1. The zero-order valence-electron chi connectivity index (χ0n) is 20.9. The van der Waals surface area contributed by atoms with E-state index >= 15 is 0 Å². The van der Waals surface area contributed by atoms with Gasteiger partial charge >= 0.3 is 0 Å². The molecule has 3 aromatic rings. The van der Waals surface area contributed by atoms with Gasteiger partial charge in [0.25, 0.3) is 5.56 Å². The molecular formula is C26H33N7O2. The van der Waals surface area contributed by atoms with Crippen molar-refractivity contribution in [3.8, 4) is 0 Å². The highest BCUT2D eigenvalue weighted by atomic mass is 16.2. The van der Waals surface area contributed by atoms with Crippen LogP contribution in [0.5, 0.6) is 0 Å². The summed E-state index contributed by atoms with van der Waals surface area (Å²) in [4.78, 5) is 32.3. The normalized spacial score (nSPS) is 27.1. The highest BCUT2D eigenvalue weighted by Crippen LogP contribution is 2.73. The third-order valence-electron chi connectivity index (χ3n) is 8.60. The molecule has 184 valence electrons. The molecule has 0 spiro atoms. The van der Waals surface area contributed by atoms with Crippen molar-refractivity contribution in [2.45, 2.75) is 69.5 Å². The van der Waals surface area contributed by atoms with Gasteiger partial charge in [-0.2, -0.15) is 5.10 Å². The molecule has 1 atom stereocenters. The largest absolute Gasteiger partial charge is 0.350 e. The van der Waals surface area contributed by atoms with Crippen LogP contribution in [0.15, 0.2) is 36.2 Å². The molecule has 3 heterocycles. The lowest BCUT2D eigenvalue weighted by Crippen LogP contribution is -2.47. The van der Waals surface area contributed by atoms with E-state index in [1.54, 1.807) is 11.9 Å². The van der Waals surface area contributed by atoms with Crippen LogP contribution in [0.4, 0.5) is 11.4 Å². The molecule has 1 amide bonds. The maximum atomic E-state index is 13.8. The molecule has 3 aliphatic rings. The molecule has 3 aromatic heterocycles. The van der Waals surface area contributed by atoms with Gasteiger partial charge in [0.15, 0.2) is 0 Å². The van der Waals surface area contributed by atoms with Crippen molar-refractivity contribution < 1.29 is 4.79 Å². The summed E-state index contributed by atoms with van der Waals surface area (Å²) in [5, 5.41) is 8.28. The Morgan fingerprint density at radius 3 is 2.69 bits per heavy atom. The maximum Gasteiger partial charge on any atom is 0.277 e. The molecular weight excluding hydrogens is 442 g/mol. The predicted octanol–water partition coefficient (Wildman–Crippen LogP) is 3.66. The summed E-state index contributed by atoms with van der Waals surface area (Å²) in [5.41, 5.74) is 4.29. The predicted molar refractivity (Wildman–Crippen MR) is 135 cm³/mol. The van der Waals surface area contributed by atoms with Crippen LogP contribution in [0.2, 0.25) is 0 Å². The number of anilines is 2. The van der Waals surface area contributed by atoms with Crippen LogP contribution in [0, 0.1) is 5.92 Å². The minimum Gasteiger partial charge on any atom is -0.350 e. The lowest BCUT2D eigenvalue weighted by atomic mass is 9.85.